The van der Waals surface area contributed by atoms with Crippen LogP contribution >= 0.6 is 0 Å². The zero-order chi connectivity index (χ0) is 15.4. The van der Waals surface area contributed by atoms with Gasteiger partial charge in [-0.2, -0.15) is 4.98 Å². The molecule has 0 atom stereocenters. The van der Waals surface area contributed by atoms with Crippen molar-refractivity contribution in [1.29, 1.82) is 0 Å². The van der Waals surface area contributed by atoms with Crippen molar-refractivity contribution in [2.45, 2.75) is 19.8 Å². The summed E-state index contributed by atoms with van der Waals surface area (Å²) in [7, 11) is 3.03. The summed E-state index contributed by atoms with van der Waals surface area (Å²) >= 11 is 0. The zero-order valence-electron chi connectivity index (χ0n) is 12.6. The molecule has 0 bridgehead atoms. The highest BCUT2D eigenvalue weighted by molar-refractivity contribution is 5.72. The number of rotatable bonds is 7. The Morgan fingerprint density at radius 1 is 1.24 bits per heavy atom. The lowest BCUT2D eigenvalue weighted by molar-refractivity contribution is 0.141. The van der Waals surface area contributed by atoms with E-state index in [9.17, 15) is 9.59 Å². The van der Waals surface area contributed by atoms with Gasteiger partial charge in [-0.15, -0.1) is 0 Å². The number of H-pyrrole nitrogens is 1. The summed E-state index contributed by atoms with van der Waals surface area (Å²) in [6.45, 7) is 4.00. The Balaban J connectivity index is 2.10. The highest BCUT2D eigenvalue weighted by atomic mass is 16.5. The third-order valence-corrected chi connectivity index (χ3v) is 3.28. The fourth-order valence-electron chi connectivity index (χ4n) is 2.00. The van der Waals surface area contributed by atoms with Crippen LogP contribution in [0.5, 0.6) is 0 Å². The van der Waals surface area contributed by atoms with Crippen LogP contribution in [0, 0.1) is 0 Å². The predicted molar refractivity (Wildman–Crippen MR) is 80.8 cm³/mol. The minimum Gasteiger partial charge on any atom is -0.380 e. The number of hydrogen-bond acceptors (Lipinski definition) is 5. The average Bonchev–Trinajstić information content (AvgIpc) is 2.91. The minimum atomic E-state index is -0.395. The van der Waals surface area contributed by atoms with Crippen molar-refractivity contribution in [2.75, 3.05) is 25.1 Å². The van der Waals surface area contributed by atoms with Gasteiger partial charge < -0.3 is 15.0 Å². The number of aryl methyl sites for hydroxylation is 1. The van der Waals surface area contributed by atoms with Crippen molar-refractivity contribution >= 4 is 17.1 Å². The highest BCUT2D eigenvalue weighted by Crippen LogP contribution is 2.07. The molecule has 0 spiro atoms. The predicted octanol–water partition coefficient (Wildman–Crippen LogP) is 0.189. The Hall–Kier alpha value is -2.09. The molecular weight excluding hydrogens is 274 g/mol. The van der Waals surface area contributed by atoms with Gasteiger partial charge in [0.05, 0.1) is 6.61 Å². The molecule has 0 radical (unpaired) electrons. The number of aromatic nitrogens is 4. The molecule has 8 nitrogen and oxygen atoms in total. The molecule has 0 saturated carbocycles. The van der Waals surface area contributed by atoms with Crippen LogP contribution in [0.15, 0.2) is 9.59 Å². The molecule has 2 aromatic heterocycles. The second-order valence-corrected chi connectivity index (χ2v) is 4.88. The lowest BCUT2D eigenvalue weighted by atomic mass is 10.4. The smallest absolute Gasteiger partial charge is 0.332 e. The molecule has 2 heterocycles. The standard InChI is InChI=1S/C13H21N5O3/c1-4-5-7-21-8-6-14-12-15-9-10(16-12)17(2)13(20)18(3)11(9)19/h4-8H2,1-3H3,(H2,14,15,16). The summed E-state index contributed by atoms with van der Waals surface area (Å²) in [5.74, 6) is 0.461. The van der Waals surface area contributed by atoms with Crippen LogP contribution in [0.2, 0.25) is 0 Å². The number of nitrogens with zero attached hydrogens (tertiary/aromatic N) is 3. The Bertz CT molecular complexity index is 728. The van der Waals surface area contributed by atoms with E-state index in [1.54, 1.807) is 7.05 Å². The van der Waals surface area contributed by atoms with E-state index in [0.717, 1.165) is 24.0 Å². The summed E-state index contributed by atoms with van der Waals surface area (Å²) in [5.41, 5.74) is -0.118. The number of aromatic amines is 1. The third-order valence-electron chi connectivity index (χ3n) is 3.28. The lowest BCUT2D eigenvalue weighted by Gasteiger charge is -2.03. The zero-order valence-corrected chi connectivity index (χ0v) is 12.6. The molecular formula is C13H21N5O3. The Morgan fingerprint density at radius 2 is 2.00 bits per heavy atom. The van der Waals surface area contributed by atoms with Gasteiger partial charge in [0.2, 0.25) is 5.95 Å². The van der Waals surface area contributed by atoms with Crippen LogP contribution < -0.4 is 16.6 Å². The summed E-state index contributed by atoms with van der Waals surface area (Å²) in [6.07, 6.45) is 2.15. The van der Waals surface area contributed by atoms with Crippen LogP contribution in [0.1, 0.15) is 19.8 Å². The average molecular weight is 295 g/mol. The van der Waals surface area contributed by atoms with Gasteiger partial charge in [-0.1, -0.05) is 13.3 Å². The fourth-order valence-corrected chi connectivity index (χ4v) is 2.00. The van der Waals surface area contributed by atoms with Crippen molar-refractivity contribution in [3.05, 3.63) is 20.8 Å². The summed E-state index contributed by atoms with van der Waals surface area (Å²) in [4.78, 5) is 30.9. The van der Waals surface area contributed by atoms with Gasteiger partial charge in [-0.25, -0.2) is 4.79 Å². The first kappa shape index (κ1) is 15.3. The molecule has 0 aliphatic rings. The van der Waals surface area contributed by atoms with E-state index in [1.165, 1.54) is 11.6 Å². The summed E-state index contributed by atoms with van der Waals surface area (Å²) in [5, 5.41) is 3.05. The molecule has 0 aliphatic heterocycles. The molecule has 116 valence electrons. The number of ether oxygens (including phenoxy) is 1. The molecule has 2 N–H and O–H groups in total. The van der Waals surface area contributed by atoms with Crippen LogP contribution in [0.3, 0.4) is 0 Å². The van der Waals surface area contributed by atoms with Crippen molar-refractivity contribution in [3.8, 4) is 0 Å². The number of anilines is 1. The third kappa shape index (κ3) is 3.15. The van der Waals surface area contributed by atoms with E-state index in [4.69, 9.17) is 4.74 Å². The van der Waals surface area contributed by atoms with Gasteiger partial charge in [0.15, 0.2) is 11.2 Å². The topological polar surface area (TPSA) is 93.9 Å². The molecule has 0 amide bonds. The van der Waals surface area contributed by atoms with E-state index in [2.05, 4.69) is 22.2 Å². The Morgan fingerprint density at radius 3 is 2.71 bits per heavy atom. The quantitative estimate of drug-likeness (QED) is 0.711. The monoisotopic (exact) mass is 295 g/mol. The lowest BCUT2D eigenvalue weighted by Crippen LogP contribution is -2.36. The van der Waals surface area contributed by atoms with E-state index < -0.39 is 5.69 Å². The molecule has 0 aromatic carbocycles. The minimum absolute atomic E-state index is 0.314. The van der Waals surface area contributed by atoms with Gasteiger partial charge in [0, 0.05) is 27.2 Å². The van der Waals surface area contributed by atoms with Gasteiger partial charge in [0.25, 0.3) is 5.56 Å². The highest BCUT2D eigenvalue weighted by Gasteiger charge is 2.12. The molecule has 2 rings (SSSR count). The van der Waals surface area contributed by atoms with Gasteiger partial charge in [0.1, 0.15) is 0 Å². The molecule has 0 unspecified atom stereocenters. The van der Waals surface area contributed by atoms with Gasteiger partial charge >= 0.3 is 5.69 Å². The SMILES string of the molecule is CCCCOCCNc1nc2c([nH]1)c(=O)n(C)c(=O)n2C. The first-order valence-electron chi connectivity index (χ1n) is 7.03. The van der Waals surface area contributed by atoms with E-state index in [-0.39, 0.29) is 5.56 Å². The van der Waals surface area contributed by atoms with Gasteiger partial charge in [-0.05, 0) is 6.42 Å². The van der Waals surface area contributed by atoms with Crippen LogP contribution in [0.25, 0.3) is 11.2 Å². The van der Waals surface area contributed by atoms with Crippen LogP contribution in [-0.2, 0) is 18.8 Å². The number of imidazole rings is 1. The molecule has 0 saturated heterocycles. The number of unbranched alkanes of at least 4 members (excludes halogenated alkanes) is 1. The summed E-state index contributed by atoms with van der Waals surface area (Å²) < 4.78 is 7.83. The summed E-state index contributed by atoms with van der Waals surface area (Å²) in [6, 6.07) is 0. The van der Waals surface area contributed by atoms with Crippen molar-refractivity contribution in [3.63, 3.8) is 0 Å². The van der Waals surface area contributed by atoms with Crippen LogP contribution in [-0.4, -0.2) is 38.9 Å². The maximum Gasteiger partial charge on any atom is 0.332 e. The van der Waals surface area contributed by atoms with Crippen molar-refractivity contribution < 1.29 is 4.74 Å². The largest absolute Gasteiger partial charge is 0.380 e. The molecule has 8 heteroatoms. The number of hydrogen-bond donors (Lipinski definition) is 2. The van der Waals surface area contributed by atoms with Gasteiger partial charge in [-0.3, -0.25) is 13.9 Å². The van der Waals surface area contributed by atoms with E-state index in [0.29, 0.717) is 30.3 Å². The fraction of sp³-hybridized carbons (Fsp3) is 0.615. The maximum absolute atomic E-state index is 12.0. The Kier molecular flexibility index (Phi) is 4.79. The number of fused-ring (bicyclic) bond motifs is 1. The normalized spacial score (nSPS) is 11.2. The van der Waals surface area contributed by atoms with E-state index >= 15 is 0 Å². The first-order chi connectivity index (χ1) is 10.1. The Labute approximate surface area is 121 Å². The second kappa shape index (κ2) is 6.57. The molecule has 0 fully saturated rings. The van der Waals surface area contributed by atoms with E-state index in [1.807, 2.05) is 0 Å². The maximum atomic E-state index is 12.0. The second-order valence-electron chi connectivity index (χ2n) is 4.88. The number of nitrogens with one attached hydrogen (secondary N) is 2. The van der Waals surface area contributed by atoms with Crippen molar-refractivity contribution in [1.82, 2.24) is 19.1 Å². The van der Waals surface area contributed by atoms with Crippen molar-refractivity contribution in [2.24, 2.45) is 14.1 Å². The molecule has 2 aromatic rings. The first-order valence-corrected chi connectivity index (χ1v) is 7.03. The molecule has 21 heavy (non-hydrogen) atoms. The molecule has 0 aliphatic carbocycles. The van der Waals surface area contributed by atoms with Crippen LogP contribution in [0.4, 0.5) is 5.95 Å².